The molecule has 2 aliphatic rings. The summed E-state index contributed by atoms with van der Waals surface area (Å²) in [5, 5.41) is 9.73. The molecule has 1 aliphatic carbocycles. The average molecular weight is 384 g/mol. The molecule has 1 amide bonds. The summed E-state index contributed by atoms with van der Waals surface area (Å²) in [7, 11) is 0. The molecule has 27 heavy (non-hydrogen) atoms. The van der Waals surface area contributed by atoms with Gasteiger partial charge in [-0.3, -0.25) is 9.36 Å². The Morgan fingerprint density at radius 1 is 1.22 bits per heavy atom. The number of benzene rings is 1. The number of thioether (sulfide) groups is 1. The van der Waals surface area contributed by atoms with Crippen LogP contribution in [0.15, 0.2) is 48.1 Å². The number of para-hydroxylation sites is 1. The molecular weight excluding hydrogens is 358 g/mol. The van der Waals surface area contributed by atoms with Crippen LogP contribution in [0.2, 0.25) is 0 Å². The van der Waals surface area contributed by atoms with Crippen LogP contribution in [0.1, 0.15) is 31.7 Å². The zero-order chi connectivity index (χ0) is 18.6. The molecule has 0 radical (unpaired) electrons. The summed E-state index contributed by atoms with van der Waals surface area (Å²) < 4.78 is 2.25. The van der Waals surface area contributed by atoms with Gasteiger partial charge in [-0.05, 0) is 37.8 Å². The lowest BCUT2D eigenvalue weighted by molar-refractivity contribution is -0.116. The van der Waals surface area contributed by atoms with Gasteiger partial charge in [0.2, 0.25) is 11.9 Å². The molecular formula is C20H25N5OS. The van der Waals surface area contributed by atoms with E-state index in [0.717, 1.165) is 29.9 Å². The molecule has 6 nitrogen and oxygen atoms in total. The van der Waals surface area contributed by atoms with E-state index in [1.54, 1.807) is 11.0 Å². The van der Waals surface area contributed by atoms with Crippen molar-refractivity contribution in [1.29, 1.82) is 0 Å². The summed E-state index contributed by atoms with van der Waals surface area (Å²) >= 11 is 1.49. The average Bonchev–Trinajstić information content (AvgIpc) is 3.22. The van der Waals surface area contributed by atoms with Gasteiger partial charge in [0.25, 0.3) is 0 Å². The predicted molar refractivity (Wildman–Crippen MR) is 109 cm³/mol. The Labute approximate surface area is 164 Å². The number of rotatable bonds is 8. The summed E-state index contributed by atoms with van der Waals surface area (Å²) in [6.45, 7) is 6.39. The normalized spacial score (nSPS) is 16.5. The molecule has 1 aromatic heterocycles. The topological polar surface area (TPSA) is 54.3 Å². The lowest BCUT2D eigenvalue weighted by Gasteiger charge is -2.21. The lowest BCUT2D eigenvalue weighted by Crippen LogP contribution is -2.32. The lowest BCUT2D eigenvalue weighted by atomic mass is 10.3. The van der Waals surface area contributed by atoms with E-state index in [1.807, 2.05) is 30.3 Å². The summed E-state index contributed by atoms with van der Waals surface area (Å²) in [6, 6.07) is 10.2. The Kier molecular flexibility index (Phi) is 5.48. The molecule has 0 atom stereocenters. The fraction of sp³-hybridized carbons (Fsp3) is 0.450. The van der Waals surface area contributed by atoms with Gasteiger partial charge in [-0.2, -0.15) is 0 Å². The van der Waals surface area contributed by atoms with Crippen LogP contribution < -0.4 is 9.80 Å². The van der Waals surface area contributed by atoms with Gasteiger partial charge < -0.3 is 9.80 Å². The van der Waals surface area contributed by atoms with E-state index in [4.69, 9.17) is 0 Å². The van der Waals surface area contributed by atoms with Gasteiger partial charge >= 0.3 is 0 Å². The van der Waals surface area contributed by atoms with Crippen LogP contribution in [-0.4, -0.2) is 46.1 Å². The highest BCUT2D eigenvalue weighted by atomic mass is 32.2. The third-order valence-corrected chi connectivity index (χ3v) is 5.88. The number of carbonyl (C=O) groups excluding carboxylic acids is 1. The SMILES string of the molecule is C=CCN(C(=O)CSc1nnc(N2CCCC2)n1C1CC1)c1ccccc1. The van der Waals surface area contributed by atoms with Crippen LogP contribution in [0.25, 0.3) is 0 Å². The van der Waals surface area contributed by atoms with E-state index >= 15 is 0 Å². The van der Waals surface area contributed by atoms with Crippen molar-refractivity contribution in [2.75, 3.05) is 35.2 Å². The molecule has 0 unspecified atom stereocenters. The number of hydrogen-bond donors (Lipinski definition) is 0. The van der Waals surface area contributed by atoms with E-state index in [0.29, 0.717) is 18.3 Å². The van der Waals surface area contributed by atoms with Crippen molar-refractivity contribution in [3.8, 4) is 0 Å². The van der Waals surface area contributed by atoms with E-state index in [1.165, 1.54) is 37.4 Å². The minimum atomic E-state index is 0.0548. The molecule has 2 heterocycles. The number of hydrogen-bond acceptors (Lipinski definition) is 5. The minimum absolute atomic E-state index is 0.0548. The van der Waals surface area contributed by atoms with Gasteiger partial charge in [0, 0.05) is 31.4 Å². The van der Waals surface area contributed by atoms with Crippen LogP contribution in [0, 0.1) is 0 Å². The zero-order valence-corrected chi connectivity index (χ0v) is 16.3. The van der Waals surface area contributed by atoms with Crippen molar-refractivity contribution in [2.45, 2.75) is 36.9 Å². The second-order valence-electron chi connectivity index (χ2n) is 7.00. The summed E-state index contributed by atoms with van der Waals surface area (Å²) in [5.74, 6) is 1.38. The first-order valence-electron chi connectivity index (χ1n) is 9.57. The first-order chi connectivity index (χ1) is 13.3. The summed E-state index contributed by atoms with van der Waals surface area (Å²) in [5.41, 5.74) is 0.893. The van der Waals surface area contributed by atoms with Crippen molar-refractivity contribution >= 4 is 29.3 Å². The van der Waals surface area contributed by atoms with Crippen molar-refractivity contribution in [3.05, 3.63) is 43.0 Å². The molecule has 0 N–H and O–H groups in total. The van der Waals surface area contributed by atoms with Gasteiger partial charge in [-0.15, -0.1) is 16.8 Å². The van der Waals surface area contributed by atoms with Gasteiger partial charge in [-0.1, -0.05) is 36.0 Å². The number of amides is 1. The van der Waals surface area contributed by atoms with Crippen molar-refractivity contribution in [3.63, 3.8) is 0 Å². The Hall–Kier alpha value is -2.28. The highest BCUT2D eigenvalue weighted by Gasteiger charge is 2.32. The van der Waals surface area contributed by atoms with Gasteiger partial charge in [0.05, 0.1) is 5.75 Å². The van der Waals surface area contributed by atoms with Crippen LogP contribution >= 0.6 is 11.8 Å². The Bertz CT molecular complexity index is 796. The molecule has 0 spiro atoms. The molecule has 2 fully saturated rings. The summed E-state index contributed by atoms with van der Waals surface area (Å²) in [6.07, 6.45) is 6.53. The van der Waals surface area contributed by atoms with Crippen LogP contribution in [-0.2, 0) is 4.79 Å². The van der Waals surface area contributed by atoms with Crippen molar-refractivity contribution in [2.24, 2.45) is 0 Å². The molecule has 7 heteroatoms. The number of aromatic nitrogens is 3. The van der Waals surface area contributed by atoms with E-state index in [2.05, 4.69) is 26.2 Å². The Balaban J connectivity index is 1.47. The fourth-order valence-corrected chi connectivity index (χ4v) is 4.32. The molecule has 1 saturated carbocycles. The molecule has 142 valence electrons. The zero-order valence-electron chi connectivity index (χ0n) is 15.5. The molecule has 0 bridgehead atoms. The van der Waals surface area contributed by atoms with Crippen molar-refractivity contribution < 1.29 is 4.79 Å². The molecule has 1 aliphatic heterocycles. The van der Waals surface area contributed by atoms with Crippen LogP contribution in [0.5, 0.6) is 0 Å². The maximum Gasteiger partial charge on any atom is 0.237 e. The highest BCUT2D eigenvalue weighted by molar-refractivity contribution is 7.99. The Morgan fingerprint density at radius 2 is 1.96 bits per heavy atom. The number of nitrogens with zero attached hydrogens (tertiary/aromatic N) is 5. The maximum atomic E-state index is 12.9. The molecule has 1 saturated heterocycles. The highest BCUT2D eigenvalue weighted by Crippen LogP contribution is 2.41. The third-order valence-electron chi connectivity index (χ3n) is 4.95. The maximum absolute atomic E-state index is 12.9. The van der Waals surface area contributed by atoms with E-state index in [9.17, 15) is 4.79 Å². The standard InChI is InChI=1S/C20H25N5OS/c1-2-12-24(16-8-4-3-5-9-16)18(26)15-27-20-22-21-19(23-13-6-7-14-23)25(20)17-10-11-17/h2-5,8-9,17H,1,6-7,10-15H2. The smallest absolute Gasteiger partial charge is 0.237 e. The first kappa shape index (κ1) is 18.1. The molecule has 4 rings (SSSR count). The fourth-order valence-electron chi connectivity index (χ4n) is 3.45. The summed E-state index contributed by atoms with van der Waals surface area (Å²) in [4.78, 5) is 16.9. The number of carbonyl (C=O) groups is 1. The van der Waals surface area contributed by atoms with Crippen LogP contribution in [0.3, 0.4) is 0 Å². The first-order valence-corrected chi connectivity index (χ1v) is 10.6. The largest absolute Gasteiger partial charge is 0.341 e. The second kappa shape index (κ2) is 8.17. The van der Waals surface area contributed by atoms with E-state index in [-0.39, 0.29) is 5.91 Å². The molecule has 2 aromatic rings. The second-order valence-corrected chi connectivity index (χ2v) is 7.94. The minimum Gasteiger partial charge on any atom is -0.341 e. The van der Waals surface area contributed by atoms with Crippen LogP contribution in [0.4, 0.5) is 11.6 Å². The number of anilines is 2. The van der Waals surface area contributed by atoms with E-state index < -0.39 is 0 Å². The van der Waals surface area contributed by atoms with Crippen molar-refractivity contribution in [1.82, 2.24) is 14.8 Å². The third kappa shape index (κ3) is 4.03. The van der Waals surface area contributed by atoms with Gasteiger partial charge in [-0.25, -0.2) is 0 Å². The van der Waals surface area contributed by atoms with Gasteiger partial charge in [0.15, 0.2) is 5.16 Å². The Morgan fingerprint density at radius 3 is 2.63 bits per heavy atom. The predicted octanol–water partition coefficient (Wildman–Crippen LogP) is 3.52. The van der Waals surface area contributed by atoms with Gasteiger partial charge in [0.1, 0.15) is 0 Å². The monoisotopic (exact) mass is 383 g/mol. The molecule has 1 aromatic carbocycles. The quantitative estimate of drug-likeness (QED) is 0.516.